The Bertz CT molecular complexity index is 524. The third kappa shape index (κ3) is 5.69. The summed E-state index contributed by atoms with van der Waals surface area (Å²) in [5, 5.41) is 12.3. The highest BCUT2D eigenvalue weighted by Gasteiger charge is 2.31. The van der Waals surface area contributed by atoms with Gasteiger partial charge in [0.05, 0.1) is 17.7 Å². The summed E-state index contributed by atoms with van der Waals surface area (Å²) in [7, 11) is 0. The van der Waals surface area contributed by atoms with Crippen LogP contribution in [0.1, 0.15) is 52.7 Å². The van der Waals surface area contributed by atoms with E-state index in [1.165, 1.54) is 0 Å². The lowest BCUT2D eigenvalue weighted by Crippen LogP contribution is -2.51. The number of carbonyl (C=O) groups is 1. The van der Waals surface area contributed by atoms with Gasteiger partial charge in [-0.3, -0.25) is 4.79 Å². The summed E-state index contributed by atoms with van der Waals surface area (Å²) in [6, 6.07) is 9.32. The van der Waals surface area contributed by atoms with Gasteiger partial charge in [-0.1, -0.05) is 32.9 Å². The molecule has 1 N–H and O–H groups in total. The molecular weight excluding hydrogens is 260 g/mol. The van der Waals surface area contributed by atoms with Crippen LogP contribution in [0.15, 0.2) is 24.3 Å². The van der Waals surface area contributed by atoms with Crippen LogP contribution in [0.2, 0.25) is 0 Å². The van der Waals surface area contributed by atoms with Gasteiger partial charge in [0.2, 0.25) is 0 Å². The van der Waals surface area contributed by atoms with Gasteiger partial charge in [-0.05, 0) is 44.9 Å². The lowest BCUT2D eigenvalue weighted by Gasteiger charge is -2.32. The maximum Gasteiger partial charge on any atom is 0.155 e. The number of hydrogen-bond acceptors (Lipinski definition) is 3. The molecule has 0 radical (unpaired) electrons. The van der Waals surface area contributed by atoms with Gasteiger partial charge in [0.1, 0.15) is 0 Å². The molecule has 1 atom stereocenters. The highest BCUT2D eigenvalue weighted by Crippen LogP contribution is 2.20. The summed E-state index contributed by atoms with van der Waals surface area (Å²) in [6.45, 7) is 12.0. The first-order valence-corrected chi connectivity index (χ1v) is 7.34. The molecule has 0 amide bonds. The lowest BCUT2D eigenvalue weighted by atomic mass is 9.83. The van der Waals surface area contributed by atoms with Crippen LogP contribution in [0.4, 0.5) is 0 Å². The molecule has 3 heteroatoms. The van der Waals surface area contributed by atoms with Gasteiger partial charge in [-0.25, -0.2) is 0 Å². The largest absolute Gasteiger partial charge is 0.302 e. The number of nitriles is 1. The molecular formula is C18H26N2O. The molecule has 0 heterocycles. The molecule has 1 aromatic rings. The van der Waals surface area contributed by atoms with Crippen molar-refractivity contribution in [2.75, 3.05) is 0 Å². The minimum absolute atomic E-state index is 0.127. The van der Waals surface area contributed by atoms with Crippen LogP contribution < -0.4 is 5.32 Å². The summed E-state index contributed by atoms with van der Waals surface area (Å²) < 4.78 is 0. The number of benzene rings is 1. The van der Waals surface area contributed by atoms with E-state index >= 15 is 0 Å². The number of nitrogens with one attached hydrogen (secondary N) is 1. The molecule has 3 nitrogen and oxygen atoms in total. The molecule has 114 valence electrons. The second-order valence-electron chi connectivity index (χ2n) is 7.57. The van der Waals surface area contributed by atoms with Gasteiger partial charge in [0.25, 0.3) is 0 Å². The average molecular weight is 286 g/mol. The zero-order chi connectivity index (χ0) is 16.3. The summed E-state index contributed by atoms with van der Waals surface area (Å²) in [4.78, 5) is 12.7. The minimum atomic E-state index is -0.379. The maximum absolute atomic E-state index is 12.7. The highest BCUT2D eigenvalue weighted by molar-refractivity contribution is 5.89. The fraction of sp³-hybridized carbons (Fsp3) is 0.556. The predicted molar refractivity (Wildman–Crippen MR) is 86.0 cm³/mol. The Balaban J connectivity index is 2.96. The van der Waals surface area contributed by atoms with Gasteiger partial charge < -0.3 is 5.32 Å². The molecule has 0 spiro atoms. The quantitative estimate of drug-likeness (QED) is 0.922. The first-order valence-electron chi connectivity index (χ1n) is 7.34. The van der Waals surface area contributed by atoms with E-state index in [0.717, 1.165) is 5.56 Å². The lowest BCUT2D eigenvalue weighted by molar-refractivity contribution is -0.128. The van der Waals surface area contributed by atoms with Crippen LogP contribution in [0.25, 0.3) is 0 Å². The molecule has 0 bridgehead atoms. The van der Waals surface area contributed by atoms with Gasteiger partial charge in [-0.15, -0.1) is 0 Å². The molecule has 1 aromatic carbocycles. The Kier molecular flexibility index (Phi) is 5.31. The van der Waals surface area contributed by atoms with E-state index in [4.69, 9.17) is 5.26 Å². The van der Waals surface area contributed by atoms with Gasteiger partial charge >= 0.3 is 0 Å². The highest BCUT2D eigenvalue weighted by atomic mass is 16.1. The Morgan fingerprint density at radius 3 is 2.05 bits per heavy atom. The van der Waals surface area contributed by atoms with Crippen molar-refractivity contribution in [3.63, 3.8) is 0 Å². The number of rotatable bonds is 4. The van der Waals surface area contributed by atoms with E-state index in [2.05, 4.69) is 32.2 Å². The molecule has 0 aliphatic carbocycles. The summed E-state index contributed by atoms with van der Waals surface area (Å²) >= 11 is 0. The van der Waals surface area contributed by atoms with Crippen LogP contribution in [-0.2, 0) is 11.2 Å². The zero-order valence-electron chi connectivity index (χ0n) is 13.9. The second-order valence-corrected chi connectivity index (χ2v) is 7.57. The van der Waals surface area contributed by atoms with E-state index in [-0.39, 0.29) is 22.8 Å². The fourth-order valence-corrected chi connectivity index (χ4v) is 2.21. The number of Topliss-reactive ketones (excluding diaryl/α,β-unsaturated/α-hetero) is 1. The minimum Gasteiger partial charge on any atom is -0.302 e. The molecule has 0 aliphatic rings. The topological polar surface area (TPSA) is 52.9 Å². The predicted octanol–water partition coefficient (Wildman–Crippen LogP) is 3.47. The Morgan fingerprint density at radius 2 is 1.67 bits per heavy atom. The van der Waals surface area contributed by atoms with Crippen LogP contribution in [0.5, 0.6) is 0 Å². The van der Waals surface area contributed by atoms with Crippen molar-refractivity contribution in [1.82, 2.24) is 5.32 Å². The van der Waals surface area contributed by atoms with E-state index in [0.29, 0.717) is 12.0 Å². The molecule has 21 heavy (non-hydrogen) atoms. The fourth-order valence-electron chi connectivity index (χ4n) is 2.21. The standard InChI is InChI=1S/C18H26N2O/c1-17(2,3)16(21)15(20-18(4,5)6)11-13-7-9-14(12-19)10-8-13/h7-10,15,20H,11H2,1-6H3/t15-/m0/s1. The number of hydrogen-bond donors (Lipinski definition) is 1. The van der Waals surface area contributed by atoms with Crippen molar-refractivity contribution < 1.29 is 4.79 Å². The van der Waals surface area contributed by atoms with Gasteiger partial charge in [0.15, 0.2) is 5.78 Å². The summed E-state index contributed by atoms with van der Waals surface area (Å²) in [5.74, 6) is 0.210. The van der Waals surface area contributed by atoms with E-state index < -0.39 is 0 Å². The van der Waals surface area contributed by atoms with Crippen molar-refractivity contribution in [1.29, 1.82) is 5.26 Å². The monoisotopic (exact) mass is 286 g/mol. The summed E-state index contributed by atoms with van der Waals surface area (Å²) in [6.07, 6.45) is 0.638. The molecule has 0 saturated heterocycles. The SMILES string of the molecule is CC(C)(C)N[C@@H](Cc1ccc(C#N)cc1)C(=O)C(C)(C)C. The molecule has 0 fully saturated rings. The first-order chi connectivity index (χ1) is 9.53. The van der Waals surface area contributed by atoms with Crippen LogP contribution >= 0.6 is 0 Å². The smallest absolute Gasteiger partial charge is 0.155 e. The van der Waals surface area contributed by atoms with Crippen LogP contribution in [0, 0.1) is 16.7 Å². The summed E-state index contributed by atoms with van der Waals surface area (Å²) in [5.41, 5.74) is 1.20. The van der Waals surface area contributed by atoms with Crippen LogP contribution in [0.3, 0.4) is 0 Å². The van der Waals surface area contributed by atoms with Crippen molar-refractivity contribution in [2.45, 2.75) is 59.5 Å². The molecule has 0 saturated carbocycles. The molecule has 0 unspecified atom stereocenters. The molecule has 1 rings (SSSR count). The number of nitrogens with zero attached hydrogens (tertiary/aromatic N) is 1. The van der Waals surface area contributed by atoms with E-state index in [9.17, 15) is 4.79 Å². The number of ketones is 1. The van der Waals surface area contributed by atoms with Crippen molar-refractivity contribution in [3.05, 3.63) is 35.4 Å². The van der Waals surface area contributed by atoms with Crippen LogP contribution in [-0.4, -0.2) is 17.4 Å². The van der Waals surface area contributed by atoms with Crippen molar-refractivity contribution in [3.8, 4) is 6.07 Å². The Morgan fingerprint density at radius 1 is 1.14 bits per heavy atom. The molecule has 0 aromatic heterocycles. The maximum atomic E-state index is 12.7. The normalized spacial score (nSPS) is 13.6. The van der Waals surface area contributed by atoms with Crippen molar-refractivity contribution >= 4 is 5.78 Å². The Labute approximate surface area is 128 Å². The second kappa shape index (κ2) is 6.41. The molecule has 0 aliphatic heterocycles. The Hall–Kier alpha value is -1.66. The van der Waals surface area contributed by atoms with E-state index in [1.807, 2.05) is 32.9 Å². The zero-order valence-corrected chi connectivity index (χ0v) is 13.9. The van der Waals surface area contributed by atoms with Gasteiger partial charge in [-0.2, -0.15) is 5.26 Å². The first kappa shape index (κ1) is 17.4. The van der Waals surface area contributed by atoms with Gasteiger partial charge in [0, 0.05) is 11.0 Å². The number of carbonyl (C=O) groups excluding carboxylic acids is 1. The average Bonchev–Trinajstić information content (AvgIpc) is 2.35. The van der Waals surface area contributed by atoms with E-state index in [1.54, 1.807) is 12.1 Å². The third-order valence-corrected chi connectivity index (χ3v) is 3.19. The third-order valence-electron chi connectivity index (χ3n) is 3.19. The van der Waals surface area contributed by atoms with Crippen molar-refractivity contribution in [2.24, 2.45) is 5.41 Å².